The number of rotatable bonds is 7. The molecule has 2 heterocycles. The molecule has 2 fully saturated rings. The summed E-state index contributed by atoms with van der Waals surface area (Å²) in [7, 11) is -3.44. The Kier molecular flexibility index (Phi) is 5.86. The van der Waals surface area contributed by atoms with Crippen molar-refractivity contribution in [3.63, 3.8) is 0 Å². The Bertz CT molecular complexity index is 1200. The molecule has 1 aliphatic carbocycles. The number of hydrogen-bond donors (Lipinski definition) is 1. The SMILES string of the molecule is CS(=O)(=O)N1CC(OCc2cc(Cl)ccc2Cl)(C(=O)C2CN(C3CC3)c3ccccc3N2)C1. The molecule has 0 radical (unpaired) electrons. The molecule has 7 nitrogen and oxygen atoms in total. The van der Waals surface area contributed by atoms with E-state index < -0.39 is 21.7 Å². The van der Waals surface area contributed by atoms with E-state index in [2.05, 4.69) is 16.3 Å². The summed E-state index contributed by atoms with van der Waals surface area (Å²) in [5, 5.41) is 4.36. The Morgan fingerprint density at radius 2 is 1.91 bits per heavy atom. The number of nitrogens with zero attached hydrogens (tertiary/aromatic N) is 2. The van der Waals surface area contributed by atoms with E-state index in [1.54, 1.807) is 18.2 Å². The maximum Gasteiger partial charge on any atom is 0.211 e. The number of sulfonamides is 1. The number of Topliss-reactive ketones (excluding diaryl/α,β-unsaturated/α-hetero) is 1. The molecule has 1 saturated carbocycles. The highest BCUT2D eigenvalue weighted by molar-refractivity contribution is 7.88. The van der Waals surface area contributed by atoms with Crippen LogP contribution >= 0.6 is 23.2 Å². The summed E-state index contributed by atoms with van der Waals surface area (Å²) < 4.78 is 31.6. The minimum Gasteiger partial charge on any atom is -0.372 e. The van der Waals surface area contributed by atoms with Gasteiger partial charge in [-0.2, -0.15) is 4.31 Å². The number of carbonyl (C=O) groups excluding carboxylic acids is 1. The predicted octanol–water partition coefficient (Wildman–Crippen LogP) is 3.56. The van der Waals surface area contributed by atoms with Gasteiger partial charge < -0.3 is 15.0 Å². The van der Waals surface area contributed by atoms with Crippen molar-refractivity contribution in [2.75, 3.05) is 36.1 Å². The van der Waals surface area contributed by atoms with Crippen LogP contribution in [0.3, 0.4) is 0 Å². The van der Waals surface area contributed by atoms with E-state index in [0.29, 0.717) is 28.2 Å². The molecule has 10 heteroatoms. The molecule has 1 N–H and O–H groups in total. The highest BCUT2D eigenvalue weighted by Gasteiger charge is 2.56. The Labute approximate surface area is 203 Å². The third-order valence-corrected chi connectivity index (χ3v) is 8.32. The van der Waals surface area contributed by atoms with Gasteiger partial charge in [0, 0.05) is 22.6 Å². The minimum atomic E-state index is -3.44. The molecular formula is C23H25Cl2N3O4S. The summed E-state index contributed by atoms with van der Waals surface area (Å²) in [5.74, 6) is -0.152. The van der Waals surface area contributed by atoms with Gasteiger partial charge in [-0.3, -0.25) is 4.79 Å². The number of ketones is 1. The number of nitrogens with one attached hydrogen (secondary N) is 1. The number of hydrogen-bond acceptors (Lipinski definition) is 6. The maximum absolute atomic E-state index is 13.9. The fourth-order valence-electron chi connectivity index (χ4n) is 4.52. The lowest BCUT2D eigenvalue weighted by Gasteiger charge is -2.49. The van der Waals surface area contributed by atoms with Crippen molar-refractivity contribution in [3.05, 3.63) is 58.1 Å². The average Bonchev–Trinajstić information content (AvgIpc) is 3.58. The Hall–Kier alpha value is -1.84. The standard InChI is InChI=1S/C23H25Cl2N3O4S/c1-33(30,31)27-13-23(14-27,32-12-15-10-16(24)6-9-18(15)25)22(29)20-11-28(17-7-8-17)21-5-3-2-4-19(21)26-20/h2-6,9-10,17,20,26H,7-8,11-14H2,1H3. The molecule has 0 spiro atoms. The van der Waals surface area contributed by atoms with Crippen molar-refractivity contribution in [2.24, 2.45) is 0 Å². The summed E-state index contributed by atoms with van der Waals surface area (Å²) >= 11 is 12.4. The van der Waals surface area contributed by atoms with Crippen molar-refractivity contribution in [1.82, 2.24) is 4.31 Å². The van der Waals surface area contributed by atoms with E-state index in [4.69, 9.17) is 27.9 Å². The van der Waals surface area contributed by atoms with Gasteiger partial charge in [0.1, 0.15) is 6.04 Å². The van der Waals surface area contributed by atoms with Crippen LogP contribution in [0, 0.1) is 0 Å². The molecule has 2 aromatic rings. The highest BCUT2D eigenvalue weighted by Crippen LogP contribution is 2.41. The lowest BCUT2D eigenvalue weighted by Crippen LogP contribution is -2.71. The van der Waals surface area contributed by atoms with Gasteiger partial charge in [-0.1, -0.05) is 35.3 Å². The second-order valence-electron chi connectivity index (χ2n) is 9.01. The molecule has 176 valence electrons. The molecule has 33 heavy (non-hydrogen) atoms. The first-order chi connectivity index (χ1) is 15.7. The number of benzene rings is 2. The second-order valence-corrected chi connectivity index (χ2v) is 11.8. The number of ether oxygens (including phenoxy) is 1. The summed E-state index contributed by atoms with van der Waals surface area (Å²) in [4.78, 5) is 16.1. The zero-order valence-corrected chi connectivity index (χ0v) is 20.5. The lowest BCUT2D eigenvalue weighted by atomic mass is 9.85. The van der Waals surface area contributed by atoms with Crippen LogP contribution in [0.5, 0.6) is 0 Å². The molecule has 0 amide bonds. The molecule has 1 unspecified atom stereocenters. The van der Waals surface area contributed by atoms with Crippen LogP contribution in [-0.4, -0.2) is 62.1 Å². The van der Waals surface area contributed by atoms with Gasteiger partial charge in [-0.25, -0.2) is 8.42 Å². The highest BCUT2D eigenvalue weighted by atomic mass is 35.5. The molecule has 2 aromatic carbocycles. The summed E-state index contributed by atoms with van der Waals surface area (Å²) in [6.07, 6.45) is 3.34. The molecule has 1 atom stereocenters. The van der Waals surface area contributed by atoms with E-state index in [9.17, 15) is 13.2 Å². The quantitative estimate of drug-likeness (QED) is 0.614. The lowest BCUT2D eigenvalue weighted by molar-refractivity contribution is -0.165. The van der Waals surface area contributed by atoms with Crippen LogP contribution in [0.2, 0.25) is 10.0 Å². The van der Waals surface area contributed by atoms with E-state index in [1.807, 2.05) is 18.2 Å². The average molecular weight is 510 g/mol. The second kappa shape index (κ2) is 8.43. The van der Waals surface area contributed by atoms with Crippen LogP contribution in [0.25, 0.3) is 0 Å². The smallest absolute Gasteiger partial charge is 0.211 e. The zero-order chi connectivity index (χ0) is 23.4. The summed E-state index contributed by atoms with van der Waals surface area (Å²) in [6.45, 7) is 0.527. The van der Waals surface area contributed by atoms with Crippen LogP contribution in [0.4, 0.5) is 11.4 Å². The number of anilines is 2. The molecule has 0 aromatic heterocycles. The normalized spacial score (nSPS) is 22.3. The van der Waals surface area contributed by atoms with E-state index in [0.717, 1.165) is 30.5 Å². The van der Waals surface area contributed by atoms with Crippen molar-refractivity contribution >= 4 is 50.4 Å². The van der Waals surface area contributed by atoms with Crippen LogP contribution in [-0.2, 0) is 26.2 Å². The third-order valence-electron chi connectivity index (χ3n) is 6.52. The van der Waals surface area contributed by atoms with Crippen LogP contribution < -0.4 is 10.2 Å². The van der Waals surface area contributed by atoms with Gasteiger partial charge in [-0.05, 0) is 48.7 Å². The first-order valence-electron chi connectivity index (χ1n) is 10.9. The number of para-hydroxylation sites is 2. The fraction of sp³-hybridized carbons (Fsp3) is 0.435. The van der Waals surface area contributed by atoms with E-state index in [1.165, 1.54) is 4.31 Å². The minimum absolute atomic E-state index is 0.0217. The van der Waals surface area contributed by atoms with Gasteiger partial charge in [0.2, 0.25) is 10.0 Å². The van der Waals surface area contributed by atoms with Gasteiger partial charge in [0.25, 0.3) is 0 Å². The van der Waals surface area contributed by atoms with Crippen molar-refractivity contribution < 1.29 is 17.9 Å². The Morgan fingerprint density at radius 3 is 2.61 bits per heavy atom. The van der Waals surface area contributed by atoms with Gasteiger partial charge in [0.05, 0.1) is 37.3 Å². The Balaban J connectivity index is 1.41. The maximum atomic E-state index is 13.9. The van der Waals surface area contributed by atoms with Gasteiger partial charge in [-0.15, -0.1) is 0 Å². The Morgan fingerprint density at radius 1 is 1.18 bits per heavy atom. The molecule has 5 rings (SSSR count). The fourth-order valence-corrected chi connectivity index (χ4v) is 5.77. The van der Waals surface area contributed by atoms with Crippen molar-refractivity contribution in [2.45, 2.75) is 37.1 Å². The monoisotopic (exact) mass is 509 g/mol. The predicted molar refractivity (Wildman–Crippen MR) is 130 cm³/mol. The first-order valence-corrected chi connectivity index (χ1v) is 13.5. The number of halogens is 2. The van der Waals surface area contributed by atoms with Gasteiger partial charge in [0.15, 0.2) is 11.4 Å². The first kappa shape index (κ1) is 22.9. The molecular weight excluding hydrogens is 485 g/mol. The van der Waals surface area contributed by atoms with Crippen molar-refractivity contribution in [3.8, 4) is 0 Å². The van der Waals surface area contributed by atoms with Crippen molar-refractivity contribution in [1.29, 1.82) is 0 Å². The molecule has 2 aliphatic heterocycles. The van der Waals surface area contributed by atoms with Gasteiger partial charge >= 0.3 is 0 Å². The third kappa shape index (κ3) is 4.47. The largest absolute Gasteiger partial charge is 0.372 e. The van der Waals surface area contributed by atoms with Crippen LogP contribution in [0.1, 0.15) is 18.4 Å². The molecule has 3 aliphatic rings. The molecule has 0 bridgehead atoms. The number of carbonyl (C=O) groups is 1. The zero-order valence-electron chi connectivity index (χ0n) is 18.1. The topological polar surface area (TPSA) is 79.0 Å². The van der Waals surface area contributed by atoms with Crippen LogP contribution in [0.15, 0.2) is 42.5 Å². The summed E-state index contributed by atoms with van der Waals surface area (Å²) in [6, 6.07) is 12.9. The molecule has 1 saturated heterocycles. The van der Waals surface area contributed by atoms with E-state index >= 15 is 0 Å². The summed E-state index contributed by atoms with van der Waals surface area (Å²) in [5.41, 5.74) is 1.39. The number of fused-ring (bicyclic) bond motifs is 1. The van der Waals surface area contributed by atoms with E-state index in [-0.39, 0.29) is 25.5 Å².